The van der Waals surface area contributed by atoms with E-state index in [1.165, 1.54) is 0 Å². The van der Waals surface area contributed by atoms with E-state index >= 15 is 0 Å². The Morgan fingerprint density at radius 2 is 1.76 bits per heavy atom. The predicted molar refractivity (Wildman–Crippen MR) is 81.4 cm³/mol. The normalized spacial score (nSPS) is 28.1. The van der Waals surface area contributed by atoms with Crippen LogP contribution in [0.3, 0.4) is 0 Å². The molecule has 0 aromatic carbocycles. The minimum atomic E-state index is -4.07. The maximum absolute atomic E-state index is 12.5. The fraction of sp³-hybridized carbons (Fsp3) is 1.00. The predicted octanol–water partition coefficient (Wildman–Crippen LogP) is 4.06. The van der Waals surface area contributed by atoms with Gasteiger partial charge in [-0.3, -0.25) is 0 Å². The highest BCUT2D eigenvalue weighted by atomic mass is 19.4. The molecule has 21 heavy (non-hydrogen) atoms. The molecule has 1 N–H and O–H groups in total. The highest BCUT2D eigenvalue weighted by molar-refractivity contribution is 4.93. The summed E-state index contributed by atoms with van der Waals surface area (Å²) in [5.74, 6) is 0.575. The Balaban J connectivity index is 2.70. The van der Waals surface area contributed by atoms with Crippen LogP contribution in [-0.4, -0.2) is 43.3 Å². The van der Waals surface area contributed by atoms with Crippen molar-refractivity contribution in [3.8, 4) is 0 Å². The zero-order chi connectivity index (χ0) is 16.3. The van der Waals surface area contributed by atoms with Crippen molar-refractivity contribution >= 4 is 0 Å². The molecule has 1 fully saturated rings. The van der Waals surface area contributed by atoms with Crippen LogP contribution < -0.4 is 5.32 Å². The quantitative estimate of drug-likeness (QED) is 0.824. The Kier molecular flexibility index (Phi) is 6.54. The van der Waals surface area contributed by atoms with E-state index in [1.54, 1.807) is 0 Å². The van der Waals surface area contributed by atoms with Gasteiger partial charge in [-0.2, -0.15) is 13.2 Å². The van der Waals surface area contributed by atoms with Gasteiger partial charge in [0, 0.05) is 18.6 Å². The van der Waals surface area contributed by atoms with Crippen molar-refractivity contribution in [3.63, 3.8) is 0 Å². The second-order valence-corrected chi connectivity index (χ2v) is 7.45. The molecule has 0 spiro atoms. The average molecular weight is 308 g/mol. The Hall–Kier alpha value is -0.290. The van der Waals surface area contributed by atoms with Gasteiger partial charge in [0.25, 0.3) is 0 Å². The molecule has 3 atom stereocenters. The molecule has 3 unspecified atom stereocenters. The molecule has 0 amide bonds. The fourth-order valence-corrected chi connectivity index (χ4v) is 3.39. The lowest BCUT2D eigenvalue weighted by molar-refractivity contribution is -0.139. The van der Waals surface area contributed by atoms with Crippen LogP contribution in [-0.2, 0) is 0 Å². The summed E-state index contributed by atoms with van der Waals surface area (Å²) < 4.78 is 37.4. The largest absolute Gasteiger partial charge is 0.390 e. The summed E-state index contributed by atoms with van der Waals surface area (Å²) in [6, 6.07) is 0.511. The van der Waals surface area contributed by atoms with Crippen LogP contribution in [0.5, 0.6) is 0 Å². The average Bonchev–Trinajstić information content (AvgIpc) is 2.34. The highest BCUT2D eigenvalue weighted by Gasteiger charge is 2.38. The summed E-state index contributed by atoms with van der Waals surface area (Å²) >= 11 is 0. The number of halogens is 3. The summed E-state index contributed by atoms with van der Waals surface area (Å²) in [5.41, 5.74) is 0.223. The van der Waals surface area contributed by atoms with E-state index in [4.69, 9.17) is 0 Å². The third kappa shape index (κ3) is 6.15. The first kappa shape index (κ1) is 18.8. The standard InChI is InChI=1S/C16H31F3N2/c1-6-20-13-8-7-12(15(2,3)4)11-14(13)21(5)10-9-16(17,18)19/h12-14,20H,6-11H2,1-5H3. The molecular weight excluding hydrogens is 277 g/mol. The van der Waals surface area contributed by atoms with Gasteiger partial charge in [-0.1, -0.05) is 27.7 Å². The Morgan fingerprint density at radius 3 is 2.24 bits per heavy atom. The van der Waals surface area contributed by atoms with E-state index in [9.17, 15) is 13.2 Å². The first-order chi connectivity index (χ1) is 9.54. The SMILES string of the molecule is CCNC1CCC(C(C)(C)C)CC1N(C)CCC(F)(F)F. The van der Waals surface area contributed by atoms with Crippen LogP contribution in [0.1, 0.15) is 53.4 Å². The second kappa shape index (κ2) is 7.32. The molecule has 0 bridgehead atoms. The lowest BCUT2D eigenvalue weighted by atomic mass is 9.69. The van der Waals surface area contributed by atoms with E-state index in [2.05, 4.69) is 33.0 Å². The van der Waals surface area contributed by atoms with Crippen LogP contribution in [0, 0.1) is 11.3 Å². The molecule has 0 aromatic heterocycles. The van der Waals surface area contributed by atoms with Gasteiger partial charge in [-0.05, 0) is 44.2 Å². The number of likely N-dealkylation sites (N-methyl/N-ethyl adjacent to an activating group) is 2. The van der Waals surface area contributed by atoms with Crippen molar-refractivity contribution in [2.45, 2.75) is 71.6 Å². The molecule has 1 aliphatic carbocycles. The van der Waals surface area contributed by atoms with Crippen molar-refractivity contribution in [1.29, 1.82) is 0 Å². The van der Waals surface area contributed by atoms with Gasteiger partial charge >= 0.3 is 6.18 Å². The van der Waals surface area contributed by atoms with Gasteiger partial charge in [0.2, 0.25) is 0 Å². The number of nitrogens with zero attached hydrogens (tertiary/aromatic N) is 1. The summed E-state index contributed by atoms with van der Waals surface area (Å²) in [6.45, 7) is 9.72. The maximum Gasteiger partial charge on any atom is 0.390 e. The van der Waals surface area contributed by atoms with Gasteiger partial charge < -0.3 is 10.2 Å². The van der Waals surface area contributed by atoms with Crippen molar-refractivity contribution in [2.75, 3.05) is 20.1 Å². The molecule has 2 nitrogen and oxygen atoms in total. The van der Waals surface area contributed by atoms with Gasteiger partial charge in [-0.25, -0.2) is 0 Å². The van der Waals surface area contributed by atoms with Crippen LogP contribution >= 0.6 is 0 Å². The zero-order valence-electron chi connectivity index (χ0n) is 14.1. The Bertz CT molecular complexity index is 310. The molecule has 5 heteroatoms. The minimum Gasteiger partial charge on any atom is -0.313 e. The number of hydrogen-bond acceptors (Lipinski definition) is 2. The Morgan fingerprint density at radius 1 is 1.14 bits per heavy atom. The topological polar surface area (TPSA) is 15.3 Å². The van der Waals surface area contributed by atoms with Gasteiger partial charge in [0.1, 0.15) is 0 Å². The van der Waals surface area contributed by atoms with Crippen molar-refractivity contribution in [2.24, 2.45) is 11.3 Å². The first-order valence-corrected chi connectivity index (χ1v) is 8.05. The zero-order valence-corrected chi connectivity index (χ0v) is 14.1. The third-order valence-corrected chi connectivity index (χ3v) is 4.82. The number of hydrogen-bond donors (Lipinski definition) is 1. The first-order valence-electron chi connectivity index (χ1n) is 8.05. The maximum atomic E-state index is 12.5. The van der Waals surface area contributed by atoms with E-state index < -0.39 is 12.6 Å². The van der Waals surface area contributed by atoms with Crippen molar-refractivity contribution in [1.82, 2.24) is 10.2 Å². The molecule has 0 saturated heterocycles. The van der Waals surface area contributed by atoms with Crippen molar-refractivity contribution in [3.05, 3.63) is 0 Å². The molecule has 0 aromatic rings. The van der Waals surface area contributed by atoms with E-state index in [-0.39, 0.29) is 18.0 Å². The molecule has 1 aliphatic rings. The second-order valence-electron chi connectivity index (χ2n) is 7.45. The van der Waals surface area contributed by atoms with E-state index in [0.29, 0.717) is 12.0 Å². The summed E-state index contributed by atoms with van der Waals surface area (Å²) in [4.78, 5) is 1.92. The van der Waals surface area contributed by atoms with Gasteiger partial charge in [-0.15, -0.1) is 0 Å². The third-order valence-electron chi connectivity index (χ3n) is 4.82. The summed E-state index contributed by atoms with van der Waals surface area (Å²) in [6.07, 6.45) is -1.60. The molecule has 1 saturated carbocycles. The number of rotatable bonds is 5. The van der Waals surface area contributed by atoms with E-state index in [1.807, 2.05) is 11.9 Å². The van der Waals surface area contributed by atoms with Crippen LogP contribution in [0.4, 0.5) is 13.2 Å². The lowest BCUT2D eigenvalue weighted by Crippen LogP contribution is -2.53. The van der Waals surface area contributed by atoms with Crippen LogP contribution in [0.15, 0.2) is 0 Å². The fourth-order valence-electron chi connectivity index (χ4n) is 3.39. The smallest absolute Gasteiger partial charge is 0.313 e. The molecule has 0 aliphatic heterocycles. The highest BCUT2D eigenvalue weighted by Crippen LogP contribution is 2.39. The summed E-state index contributed by atoms with van der Waals surface area (Å²) in [7, 11) is 1.84. The Labute approximate surface area is 127 Å². The van der Waals surface area contributed by atoms with Crippen molar-refractivity contribution < 1.29 is 13.2 Å². The molecule has 1 rings (SSSR count). The van der Waals surface area contributed by atoms with Gasteiger partial charge in [0.15, 0.2) is 0 Å². The minimum absolute atomic E-state index is 0.0902. The van der Waals surface area contributed by atoms with Gasteiger partial charge in [0.05, 0.1) is 6.42 Å². The van der Waals surface area contributed by atoms with E-state index in [0.717, 1.165) is 25.8 Å². The lowest BCUT2D eigenvalue weighted by Gasteiger charge is -2.45. The van der Waals surface area contributed by atoms with Crippen LogP contribution in [0.25, 0.3) is 0 Å². The molecular formula is C16H31F3N2. The number of alkyl halides is 3. The summed E-state index contributed by atoms with van der Waals surface area (Å²) in [5, 5.41) is 3.46. The molecule has 0 heterocycles. The molecule has 126 valence electrons. The number of nitrogens with one attached hydrogen (secondary N) is 1. The molecule has 0 radical (unpaired) electrons. The van der Waals surface area contributed by atoms with Crippen LogP contribution in [0.2, 0.25) is 0 Å². The monoisotopic (exact) mass is 308 g/mol.